The number of carbonyl (C=O) groups is 1. The van der Waals surface area contributed by atoms with Crippen molar-refractivity contribution in [3.05, 3.63) is 60.3 Å². The predicted octanol–water partition coefficient (Wildman–Crippen LogP) is 4.19. The van der Waals surface area contributed by atoms with Crippen molar-refractivity contribution in [2.45, 2.75) is 44.3 Å². The van der Waals surface area contributed by atoms with E-state index in [9.17, 15) is 23.0 Å². The number of nitrogens with one attached hydrogen (secondary N) is 2. The van der Waals surface area contributed by atoms with Gasteiger partial charge in [-0.1, -0.05) is 12.1 Å². The Morgan fingerprint density at radius 2 is 1.95 bits per heavy atom. The highest BCUT2D eigenvalue weighted by molar-refractivity contribution is 7.92. The van der Waals surface area contributed by atoms with E-state index in [0.717, 1.165) is 11.3 Å². The van der Waals surface area contributed by atoms with E-state index in [1.165, 1.54) is 23.0 Å². The van der Waals surface area contributed by atoms with E-state index in [-0.39, 0.29) is 18.7 Å². The molecule has 2 N–H and O–H groups in total. The van der Waals surface area contributed by atoms with Gasteiger partial charge in [0.05, 0.1) is 11.8 Å². The lowest BCUT2D eigenvalue weighted by atomic mass is 9.74. The summed E-state index contributed by atoms with van der Waals surface area (Å²) in [5.41, 5.74) is 2.94. The van der Waals surface area contributed by atoms with Crippen LogP contribution in [0.3, 0.4) is 0 Å². The molecule has 1 saturated heterocycles. The molecule has 4 atom stereocenters. The number of nitriles is 1. The molecule has 1 aromatic carbocycles. The normalized spacial score (nSPS) is 23.2. The third-order valence-corrected chi connectivity index (χ3v) is 9.33. The Morgan fingerprint density at radius 3 is 2.62 bits per heavy atom. The van der Waals surface area contributed by atoms with Crippen LogP contribution in [0.5, 0.6) is 0 Å². The van der Waals surface area contributed by atoms with Crippen LogP contribution in [0, 0.1) is 27.8 Å². The highest BCUT2D eigenvalue weighted by Gasteiger charge is 2.39. The third kappa shape index (κ3) is 5.84. The monoisotopic (exact) mass is 567 g/mol. The molecule has 0 bridgehead atoms. The first kappa shape index (κ1) is 27.7. The largest absolute Gasteiger partial charge is 0.370 e. The minimum atomic E-state index is -2.51. The summed E-state index contributed by atoms with van der Waals surface area (Å²) in [4.78, 5) is 19.4. The first-order valence-corrected chi connectivity index (χ1v) is 15.2. The predicted molar refractivity (Wildman–Crippen MR) is 148 cm³/mol. The third-order valence-electron chi connectivity index (χ3n) is 7.65. The second-order valence-electron chi connectivity index (χ2n) is 10.4. The van der Waals surface area contributed by atoms with Gasteiger partial charge < -0.3 is 10.2 Å². The molecule has 1 amide bonds. The summed E-state index contributed by atoms with van der Waals surface area (Å²) >= 11 is 0. The number of pyridine rings is 1. The van der Waals surface area contributed by atoms with E-state index in [2.05, 4.69) is 15.2 Å². The molecule has 1 aliphatic heterocycles. The summed E-state index contributed by atoms with van der Waals surface area (Å²) in [6, 6.07) is 11.7. The number of hydrogen-bond donors (Lipinski definition) is 2. The van der Waals surface area contributed by atoms with Gasteiger partial charge in [-0.2, -0.15) is 10.4 Å². The minimum Gasteiger partial charge on any atom is -0.370 e. The number of amides is 1. The molecule has 1 aliphatic carbocycles. The van der Waals surface area contributed by atoms with Crippen molar-refractivity contribution in [2.24, 2.45) is 5.92 Å². The number of hydrogen-bond acceptors (Lipinski definition) is 7. The number of rotatable bonds is 6. The zero-order valence-corrected chi connectivity index (χ0v) is 22.9. The van der Waals surface area contributed by atoms with Crippen molar-refractivity contribution in [3.63, 3.8) is 0 Å². The van der Waals surface area contributed by atoms with Gasteiger partial charge in [0.2, 0.25) is 5.91 Å². The minimum absolute atomic E-state index is 0.00594. The van der Waals surface area contributed by atoms with Crippen LogP contribution in [-0.4, -0.2) is 61.7 Å². The summed E-state index contributed by atoms with van der Waals surface area (Å²) in [5, 5.41) is 16.6. The summed E-state index contributed by atoms with van der Waals surface area (Å²) in [5.74, 6) is -1.50. The van der Waals surface area contributed by atoms with Crippen LogP contribution in [0.2, 0.25) is 0 Å². The Labute approximate surface area is 232 Å². The van der Waals surface area contributed by atoms with E-state index in [4.69, 9.17) is 9.88 Å². The van der Waals surface area contributed by atoms with E-state index < -0.39 is 45.5 Å². The summed E-state index contributed by atoms with van der Waals surface area (Å²) < 4.78 is 50.5. The van der Waals surface area contributed by atoms with Crippen molar-refractivity contribution in [1.82, 2.24) is 20.1 Å². The van der Waals surface area contributed by atoms with Crippen LogP contribution >= 0.6 is 0 Å². The van der Waals surface area contributed by atoms with E-state index in [1.54, 1.807) is 13.1 Å². The molecule has 2 fully saturated rings. The summed E-state index contributed by atoms with van der Waals surface area (Å²) in [7, 11) is -2.51. The highest BCUT2D eigenvalue weighted by atomic mass is 32.2. The van der Waals surface area contributed by atoms with E-state index in [0.29, 0.717) is 42.3 Å². The van der Waals surface area contributed by atoms with Crippen LogP contribution in [0.4, 0.5) is 14.5 Å². The highest BCUT2D eigenvalue weighted by Crippen LogP contribution is 2.43. The lowest BCUT2D eigenvalue weighted by molar-refractivity contribution is -0.127. The van der Waals surface area contributed by atoms with Crippen molar-refractivity contribution < 1.29 is 17.8 Å². The summed E-state index contributed by atoms with van der Waals surface area (Å²) in [6.45, 7) is 2.64. The van der Waals surface area contributed by atoms with E-state index >= 15 is 0 Å². The van der Waals surface area contributed by atoms with Crippen LogP contribution < -0.4 is 10.2 Å². The average Bonchev–Trinajstić information content (AvgIpc) is 3.38. The van der Waals surface area contributed by atoms with E-state index in [1.807, 2.05) is 30.3 Å². The number of nitrogens with zero attached hydrogens (tertiary/aromatic N) is 5. The molecular weight excluding hydrogens is 536 g/mol. The Balaban J connectivity index is 1.53. The zero-order valence-electron chi connectivity index (χ0n) is 22.1. The second-order valence-corrected chi connectivity index (χ2v) is 12.9. The van der Waals surface area contributed by atoms with Crippen LogP contribution in [0.1, 0.15) is 37.8 Å². The summed E-state index contributed by atoms with van der Waals surface area (Å²) in [6.07, 6.45) is 2.64. The first-order valence-electron chi connectivity index (χ1n) is 13.3. The van der Waals surface area contributed by atoms with Crippen LogP contribution in [0.25, 0.3) is 16.9 Å². The van der Waals surface area contributed by atoms with Gasteiger partial charge in [0.15, 0.2) is 11.6 Å². The Bertz CT molecular complexity index is 1520. The fourth-order valence-corrected chi connectivity index (χ4v) is 6.70. The molecule has 0 radical (unpaired) electrons. The molecule has 3 aromatic rings. The topological polar surface area (TPSA) is 128 Å². The lowest BCUT2D eigenvalue weighted by Crippen LogP contribution is -2.41. The maximum atomic E-state index is 14.7. The number of carbonyl (C=O) groups excluding carboxylic acids is 1. The molecule has 2 aromatic heterocycles. The lowest BCUT2D eigenvalue weighted by Gasteiger charge is -2.32. The van der Waals surface area contributed by atoms with Crippen molar-refractivity contribution in [3.8, 4) is 23.0 Å². The van der Waals surface area contributed by atoms with Gasteiger partial charge in [0.25, 0.3) is 0 Å². The molecule has 0 spiro atoms. The maximum absolute atomic E-state index is 14.7. The number of aromatic nitrogens is 3. The molecule has 3 heterocycles. The molecule has 40 heavy (non-hydrogen) atoms. The van der Waals surface area contributed by atoms with Crippen LogP contribution in [-0.2, 0) is 14.5 Å². The number of alkyl halides is 1. The van der Waals surface area contributed by atoms with Crippen LogP contribution in [0.15, 0.2) is 48.8 Å². The van der Waals surface area contributed by atoms with Gasteiger partial charge in [-0.15, -0.1) is 0 Å². The smallest absolute Gasteiger partial charge is 0.224 e. The molecular formula is C28H31F2N7O2S. The van der Waals surface area contributed by atoms with Gasteiger partial charge in [-0.05, 0) is 56.0 Å². The first-order chi connectivity index (χ1) is 19.1. The van der Waals surface area contributed by atoms with Crippen molar-refractivity contribution >= 4 is 21.3 Å². The molecule has 12 heteroatoms. The van der Waals surface area contributed by atoms with Gasteiger partial charge >= 0.3 is 0 Å². The molecule has 5 rings (SSSR count). The molecule has 210 valence electrons. The Kier molecular flexibility index (Phi) is 7.85. The van der Waals surface area contributed by atoms with Gasteiger partial charge in [-0.25, -0.2) is 22.7 Å². The molecule has 0 unspecified atom stereocenters. The van der Waals surface area contributed by atoms with Gasteiger partial charge in [0, 0.05) is 69.8 Å². The standard InChI is InChI=1S/C28H31F2N7O2S/c1-18(16-31)34-28(38)23-15-20(29)6-9-22(23)26-24(17-37(35-26)27-25(30)3-2-10-33-27)19-4-7-21(8-5-19)36-11-13-40(32,39)14-12-36/h2-5,7-8,10,17-18,20,22-23,32H,6,9,11-15H2,1H3,(H,34,38)/t18-,20-,22+,23+/m0/s1. The molecule has 9 nitrogen and oxygen atoms in total. The fraction of sp³-hybridized carbons (Fsp3) is 0.429. The SMILES string of the molecule is C[C@@H](C#N)NC(=O)[C@@H]1C[C@@H](F)CC[C@H]1c1nn(-c2ncccc2F)cc1-c1ccc(N2CCS(=N)(=O)CC2)cc1. The number of halogens is 2. The average molecular weight is 568 g/mol. The van der Waals surface area contributed by atoms with Gasteiger partial charge in [-0.3, -0.25) is 9.57 Å². The number of anilines is 1. The maximum Gasteiger partial charge on any atom is 0.224 e. The molecule has 1 saturated carbocycles. The fourth-order valence-electron chi connectivity index (χ4n) is 5.47. The molecule has 2 aliphatic rings. The van der Waals surface area contributed by atoms with Crippen molar-refractivity contribution in [2.75, 3.05) is 29.5 Å². The quantitative estimate of drug-likeness (QED) is 0.460. The number of benzene rings is 1. The van der Waals surface area contributed by atoms with Crippen molar-refractivity contribution in [1.29, 1.82) is 10.0 Å². The zero-order chi connectivity index (χ0) is 28.4. The Hall–Kier alpha value is -3.85. The second kappa shape index (κ2) is 11.3. The van der Waals surface area contributed by atoms with Gasteiger partial charge in [0.1, 0.15) is 12.2 Å². The Morgan fingerprint density at radius 1 is 1.23 bits per heavy atom.